The summed E-state index contributed by atoms with van der Waals surface area (Å²) in [7, 11) is -3.80. The Kier molecular flexibility index (Phi) is 5.29. The molecule has 0 spiro atoms. The smallest absolute Gasteiger partial charge is 0.241 e. The molecule has 1 aromatic heterocycles. The molecule has 0 bridgehead atoms. The zero-order chi connectivity index (χ0) is 18.6. The first-order valence-electron chi connectivity index (χ1n) is 8.13. The van der Waals surface area contributed by atoms with Crippen LogP contribution in [0.15, 0.2) is 71.9 Å². The van der Waals surface area contributed by atoms with Gasteiger partial charge in [-0.1, -0.05) is 30.3 Å². The van der Waals surface area contributed by atoms with Crippen LogP contribution in [0.3, 0.4) is 0 Å². The molecule has 7 heteroatoms. The van der Waals surface area contributed by atoms with Crippen molar-refractivity contribution < 1.29 is 13.2 Å². The summed E-state index contributed by atoms with van der Waals surface area (Å²) in [6.07, 6.45) is 3.26. The van der Waals surface area contributed by atoms with E-state index in [1.807, 2.05) is 24.3 Å². The summed E-state index contributed by atoms with van der Waals surface area (Å²) in [5, 5.41) is 4.49. The fourth-order valence-corrected chi connectivity index (χ4v) is 3.77. The Labute approximate surface area is 152 Å². The number of carbonyl (C=O) groups is 1. The van der Waals surface area contributed by atoms with Gasteiger partial charge in [0.25, 0.3) is 0 Å². The summed E-state index contributed by atoms with van der Waals surface area (Å²) >= 11 is 0. The minimum Gasteiger partial charge on any atom is -0.351 e. The Balaban J connectivity index is 1.68. The SMILES string of the molecule is C[C@@H](NS(=O)(=O)c1ccc2ccccc2c1)C(=O)NCc1ccncc1. The highest BCUT2D eigenvalue weighted by Gasteiger charge is 2.22. The van der Waals surface area contributed by atoms with Crippen molar-refractivity contribution in [1.82, 2.24) is 15.0 Å². The topological polar surface area (TPSA) is 88.2 Å². The minimum absolute atomic E-state index is 0.130. The number of hydrogen-bond donors (Lipinski definition) is 2. The highest BCUT2D eigenvalue weighted by Crippen LogP contribution is 2.19. The normalized spacial score (nSPS) is 12.7. The second-order valence-corrected chi connectivity index (χ2v) is 7.64. The average Bonchev–Trinajstić information content (AvgIpc) is 2.66. The van der Waals surface area contributed by atoms with E-state index in [4.69, 9.17) is 0 Å². The number of nitrogens with zero attached hydrogens (tertiary/aromatic N) is 1. The molecule has 0 fully saturated rings. The van der Waals surface area contributed by atoms with Gasteiger partial charge in [-0.25, -0.2) is 8.42 Å². The third-order valence-corrected chi connectivity index (χ3v) is 5.51. The van der Waals surface area contributed by atoms with E-state index < -0.39 is 22.0 Å². The lowest BCUT2D eigenvalue weighted by Crippen LogP contribution is -2.44. The van der Waals surface area contributed by atoms with E-state index in [9.17, 15) is 13.2 Å². The standard InChI is InChI=1S/C19H19N3O3S/c1-14(19(23)21-13-15-8-10-20-11-9-15)22-26(24,25)18-7-6-16-4-2-3-5-17(16)12-18/h2-12,14,22H,13H2,1H3,(H,21,23)/t14-/m1/s1. The van der Waals surface area contributed by atoms with E-state index in [-0.39, 0.29) is 4.90 Å². The zero-order valence-electron chi connectivity index (χ0n) is 14.2. The molecular weight excluding hydrogens is 350 g/mol. The highest BCUT2D eigenvalue weighted by molar-refractivity contribution is 7.89. The van der Waals surface area contributed by atoms with Gasteiger partial charge in [0.1, 0.15) is 0 Å². The van der Waals surface area contributed by atoms with Gasteiger partial charge in [0, 0.05) is 18.9 Å². The van der Waals surface area contributed by atoms with Crippen LogP contribution in [0.5, 0.6) is 0 Å². The van der Waals surface area contributed by atoms with Crippen molar-refractivity contribution in [2.75, 3.05) is 0 Å². The largest absolute Gasteiger partial charge is 0.351 e. The van der Waals surface area contributed by atoms with Crippen LogP contribution in [0.1, 0.15) is 12.5 Å². The van der Waals surface area contributed by atoms with Gasteiger partial charge in [0.2, 0.25) is 15.9 Å². The van der Waals surface area contributed by atoms with Crippen molar-refractivity contribution in [2.45, 2.75) is 24.4 Å². The van der Waals surface area contributed by atoms with Crippen LogP contribution in [-0.2, 0) is 21.4 Å². The fraction of sp³-hybridized carbons (Fsp3) is 0.158. The lowest BCUT2D eigenvalue weighted by atomic mass is 10.1. The summed E-state index contributed by atoms with van der Waals surface area (Å²) in [4.78, 5) is 16.2. The fourth-order valence-electron chi connectivity index (χ4n) is 2.53. The molecule has 0 unspecified atom stereocenters. The molecule has 134 valence electrons. The summed E-state index contributed by atoms with van der Waals surface area (Å²) in [5.74, 6) is -0.397. The quantitative estimate of drug-likeness (QED) is 0.697. The van der Waals surface area contributed by atoms with Gasteiger partial charge >= 0.3 is 0 Å². The van der Waals surface area contributed by atoms with Crippen molar-refractivity contribution in [1.29, 1.82) is 0 Å². The molecule has 2 N–H and O–H groups in total. The number of amides is 1. The summed E-state index contributed by atoms with van der Waals surface area (Å²) in [6, 6.07) is 15.0. The van der Waals surface area contributed by atoms with E-state index in [2.05, 4.69) is 15.0 Å². The number of carbonyl (C=O) groups excluding carboxylic acids is 1. The molecule has 1 atom stereocenters. The third-order valence-electron chi connectivity index (χ3n) is 3.97. The van der Waals surface area contributed by atoms with Gasteiger partial charge in [-0.15, -0.1) is 0 Å². The number of hydrogen-bond acceptors (Lipinski definition) is 4. The molecule has 2 aromatic carbocycles. The number of pyridine rings is 1. The van der Waals surface area contributed by atoms with Gasteiger partial charge in [0.15, 0.2) is 0 Å². The Morgan fingerprint density at radius 2 is 1.73 bits per heavy atom. The maximum atomic E-state index is 12.6. The Bertz CT molecular complexity index is 1020. The van der Waals surface area contributed by atoms with Gasteiger partial charge in [-0.2, -0.15) is 4.72 Å². The molecule has 6 nitrogen and oxygen atoms in total. The molecule has 26 heavy (non-hydrogen) atoms. The Morgan fingerprint density at radius 3 is 2.46 bits per heavy atom. The van der Waals surface area contributed by atoms with Gasteiger partial charge in [-0.05, 0) is 47.5 Å². The molecule has 0 aliphatic carbocycles. The van der Waals surface area contributed by atoms with Crippen LogP contribution in [0.2, 0.25) is 0 Å². The number of benzene rings is 2. The molecule has 0 saturated heterocycles. The molecular formula is C19H19N3O3S. The number of nitrogens with one attached hydrogen (secondary N) is 2. The lowest BCUT2D eigenvalue weighted by Gasteiger charge is -2.15. The molecule has 0 saturated carbocycles. The summed E-state index contributed by atoms with van der Waals surface area (Å²) < 4.78 is 27.6. The van der Waals surface area contributed by atoms with E-state index in [1.165, 1.54) is 13.0 Å². The number of sulfonamides is 1. The molecule has 1 amide bonds. The van der Waals surface area contributed by atoms with Crippen molar-refractivity contribution in [3.63, 3.8) is 0 Å². The second kappa shape index (κ2) is 7.63. The van der Waals surface area contributed by atoms with E-state index in [0.29, 0.717) is 6.54 Å². The first-order chi connectivity index (χ1) is 12.5. The average molecular weight is 369 g/mol. The highest BCUT2D eigenvalue weighted by atomic mass is 32.2. The van der Waals surface area contributed by atoms with Gasteiger partial charge in [0.05, 0.1) is 10.9 Å². The Morgan fingerprint density at radius 1 is 1.04 bits per heavy atom. The molecule has 3 aromatic rings. The van der Waals surface area contributed by atoms with Gasteiger partial charge in [-0.3, -0.25) is 9.78 Å². The van der Waals surface area contributed by atoms with E-state index in [0.717, 1.165) is 16.3 Å². The number of fused-ring (bicyclic) bond motifs is 1. The van der Waals surface area contributed by atoms with Gasteiger partial charge < -0.3 is 5.32 Å². The second-order valence-electron chi connectivity index (χ2n) is 5.93. The maximum absolute atomic E-state index is 12.6. The number of aromatic nitrogens is 1. The monoisotopic (exact) mass is 369 g/mol. The summed E-state index contributed by atoms with van der Waals surface area (Å²) in [5.41, 5.74) is 0.887. The van der Waals surface area contributed by atoms with Crippen LogP contribution in [0.4, 0.5) is 0 Å². The predicted molar refractivity (Wildman–Crippen MR) is 99.8 cm³/mol. The molecule has 0 radical (unpaired) electrons. The van der Waals surface area contributed by atoms with Crippen molar-refractivity contribution in [2.24, 2.45) is 0 Å². The lowest BCUT2D eigenvalue weighted by molar-refractivity contribution is -0.122. The van der Waals surface area contributed by atoms with Crippen LogP contribution >= 0.6 is 0 Å². The van der Waals surface area contributed by atoms with E-state index >= 15 is 0 Å². The van der Waals surface area contributed by atoms with Crippen LogP contribution < -0.4 is 10.0 Å². The van der Waals surface area contributed by atoms with E-state index in [1.54, 1.807) is 36.7 Å². The van der Waals surface area contributed by atoms with Crippen molar-refractivity contribution in [3.8, 4) is 0 Å². The molecule has 0 aliphatic heterocycles. The van der Waals surface area contributed by atoms with Crippen LogP contribution in [0.25, 0.3) is 10.8 Å². The number of rotatable bonds is 6. The minimum atomic E-state index is -3.80. The van der Waals surface area contributed by atoms with Crippen molar-refractivity contribution in [3.05, 3.63) is 72.6 Å². The molecule has 1 heterocycles. The van der Waals surface area contributed by atoms with Crippen LogP contribution in [0, 0.1) is 0 Å². The molecule has 0 aliphatic rings. The van der Waals surface area contributed by atoms with Crippen LogP contribution in [-0.4, -0.2) is 25.4 Å². The first-order valence-corrected chi connectivity index (χ1v) is 9.62. The Hall–Kier alpha value is -2.77. The zero-order valence-corrected chi connectivity index (χ0v) is 15.0. The molecule has 3 rings (SSSR count). The first kappa shape index (κ1) is 18.0. The third kappa shape index (κ3) is 4.25. The predicted octanol–water partition coefficient (Wildman–Crippen LogP) is 2.22. The van der Waals surface area contributed by atoms with Crippen molar-refractivity contribution >= 4 is 26.7 Å². The maximum Gasteiger partial charge on any atom is 0.241 e. The summed E-state index contributed by atoms with van der Waals surface area (Å²) in [6.45, 7) is 1.82.